The number of anilines is 1. The summed E-state index contributed by atoms with van der Waals surface area (Å²) in [6.07, 6.45) is 7.91. The number of unbranched alkanes of at least 4 members (excludes halogenated alkanes) is 2. The van der Waals surface area contributed by atoms with Crippen LogP contribution in [0.25, 0.3) is 0 Å². The summed E-state index contributed by atoms with van der Waals surface area (Å²) in [5.74, 6) is -0.315. The third-order valence-corrected chi connectivity index (χ3v) is 6.06. The monoisotopic (exact) mass is 502 g/mol. The molecule has 0 bridgehead atoms. The molecule has 0 fully saturated rings. The predicted molar refractivity (Wildman–Crippen MR) is 136 cm³/mol. The maximum Gasteiger partial charge on any atom is 0.253 e. The van der Waals surface area contributed by atoms with Crippen LogP contribution >= 0.6 is 15.9 Å². The number of nitrogens with one attached hydrogen (secondary N) is 4. The zero-order valence-corrected chi connectivity index (χ0v) is 21.1. The van der Waals surface area contributed by atoms with Gasteiger partial charge < -0.3 is 21.0 Å². The fraction of sp³-hybridized carbons (Fsp3) is 0.480. The molecule has 1 unspecified atom stereocenters. The average Bonchev–Trinajstić information content (AvgIpc) is 2.72. The van der Waals surface area contributed by atoms with E-state index < -0.39 is 0 Å². The van der Waals surface area contributed by atoms with Crippen LogP contribution in [0.2, 0.25) is 0 Å². The summed E-state index contributed by atoms with van der Waals surface area (Å²) in [5.41, 5.74) is 3.70. The Morgan fingerprint density at radius 3 is 2.53 bits per heavy atom. The van der Waals surface area contributed by atoms with Gasteiger partial charge in [0.15, 0.2) is 0 Å². The first-order valence-corrected chi connectivity index (χ1v) is 12.2. The molecule has 7 heteroatoms. The molecule has 0 aliphatic rings. The Morgan fingerprint density at radius 2 is 1.91 bits per heavy atom. The number of H-pyrrole nitrogens is 1. The number of aryl methyl sites for hydroxylation is 2. The predicted octanol–water partition coefficient (Wildman–Crippen LogP) is 5.84. The molecule has 0 saturated heterocycles. The molecule has 6 nitrogen and oxygen atoms in total. The number of amides is 1. The molecule has 32 heavy (non-hydrogen) atoms. The zero-order chi connectivity index (χ0) is 23.7. The van der Waals surface area contributed by atoms with Gasteiger partial charge in [0, 0.05) is 45.8 Å². The van der Waals surface area contributed by atoms with Gasteiger partial charge in [-0.05, 0) is 50.5 Å². The number of pyridine rings is 1. The molecule has 0 radical (unpaired) electrons. The molecule has 0 spiro atoms. The van der Waals surface area contributed by atoms with E-state index in [2.05, 4.69) is 45.4 Å². The van der Waals surface area contributed by atoms with E-state index in [-0.39, 0.29) is 18.0 Å². The summed E-state index contributed by atoms with van der Waals surface area (Å²) in [7, 11) is 0. The molecule has 2 aromatic rings. The van der Waals surface area contributed by atoms with Crippen LogP contribution in [-0.2, 0) is 6.54 Å². The van der Waals surface area contributed by atoms with Crippen molar-refractivity contribution < 1.29 is 4.79 Å². The molecule has 2 rings (SSSR count). The van der Waals surface area contributed by atoms with Crippen LogP contribution in [0.3, 0.4) is 0 Å². The first-order valence-electron chi connectivity index (χ1n) is 11.4. The number of hydrogen-bond acceptors (Lipinski definition) is 4. The minimum Gasteiger partial charge on any atom is -0.382 e. The van der Waals surface area contributed by atoms with Crippen LogP contribution in [0.5, 0.6) is 0 Å². The Labute approximate surface area is 199 Å². The number of aromatic amines is 1. The van der Waals surface area contributed by atoms with Gasteiger partial charge in [-0.15, -0.1) is 0 Å². The number of aromatic nitrogens is 1. The van der Waals surface area contributed by atoms with E-state index >= 15 is 0 Å². The lowest BCUT2D eigenvalue weighted by Crippen LogP contribution is -2.29. The van der Waals surface area contributed by atoms with Crippen molar-refractivity contribution in [1.29, 1.82) is 5.41 Å². The first-order chi connectivity index (χ1) is 15.3. The number of hydrogen-bond donors (Lipinski definition) is 4. The Bertz CT molecular complexity index is 1000. The highest BCUT2D eigenvalue weighted by Gasteiger charge is 2.18. The highest BCUT2D eigenvalue weighted by atomic mass is 79.9. The third kappa shape index (κ3) is 7.05. The molecule has 0 aliphatic heterocycles. The number of benzene rings is 1. The van der Waals surface area contributed by atoms with Gasteiger partial charge >= 0.3 is 0 Å². The van der Waals surface area contributed by atoms with Crippen LogP contribution in [0.4, 0.5) is 5.69 Å². The number of carbonyl (C=O) groups excluding carboxylic acids is 1. The SMILES string of the molecule is CCCCCC(CCC)Nc1cc(Br)cc(C(=O)NCc2c(C)cc(C)[nH]c2=O)c1C=N. The van der Waals surface area contributed by atoms with Gasteiger partial charge in [0.1, 0.15) is 0 Å². The van der Waals surface area contributed by atoms with Gasteiger partial charge in [-0.2, -0.15) is 0 Å². The highest BCUT2D eigenvalue weighted by molar-refractivity contribution is 9.10. The summed E-state index contributed by atoms with van der Waals surface area (Å²) in [6.45, 7) is 8.18. The van der Waals surface area contributed by atoms with Crippen LogP contribution in [-0.4, -0.2) is 23.1 Å². The minimum atomic E-state index is -0.315. The van der Waals surface area contributed by atoms with Crippen molar-refractivity contribution >= 4 is 33.7 Å². The number of carbonyl (C=O) groups is 1. The topological polar surface area (TPSA) is 97.8 Å². The molecular weight excluding hydrogens is 468 g/mol. The van der Waals surface area contributed by atoms with Crippen LogP contribution in [0.1, 0.15) is 85.1 Å². The Balaban J connectivity index is 2.26. The van der Waals surface area contributed by atoms with Crippen molar-refractivity contribution in [3.8, 4) is 0 Å². The third-order valence-electron chi connectivity index (χ3n) is 5.61. The maximum atomic E-state index is 13.0. The maximum absolute atomic E-state index is 13.0. The second-order valence-electron chi connectivity index (χ2n) is 8.31. The second kappa shape index (κ2) is 12.6. The molecule has 0 aliphatic carbocycles. The van der Waals surface area contributed by atoms with Gasteiger partial charge in [0.2, 0.25) is 0 Å². The molecule has 1 amide bonds. The lowest BCUT2D eigenvalue weighted by Gasteiger charge is -2.22. The summed E-state index contributed by atoms with van der Waals surface area (Å²) in [4.78, 5) is 28.1. The van der Waals surface area contributed by atoms with Gasteiger partial charge in [-0.1, -0.05) is 55.5 Å². The second-order valence-corrected chi connectivity index (χ2v) is 9.23. The van der Waals surface area contributed by atoms with E-state index in [4.69, 9.17) is 5.41 Å². The quantitative estimate of drug-likeness (QED) is 0.216. The standard InChI is InChI=1S/C25H35BrN4O2/c1-5-7-8-10-19(9-6-2)30-23-13-18(26)12-20(21(23)14-27)24(31)28-15-22-16(3)11-17(4)29-25(22)32/h11-14,19,27,30H,5-10,15H2,1-4H3,(H,28,31)(H,29,32). The smallest absolute Gasteiger partial charge is 0.253 e. The summed E-state index contributed by atoms with van der Waals surface area (Å²) >= 11 is 3.51. The molecule has 1 aromatic heterocycles. The molecule has 1 aromatic carbocycles. The Hall–Kier alpha value is -2.41. The fourth-order valence-electron chi connectivity index (χ4n) is 3.94. The van der Waals surface area contributed by atoms with Crippen LogP contribution in [0, 0.1) is 19.3 Å². The van der Waals surface area contributed by atoms with E-state index in [0.717, 1.165) is 47.1 Å². The van der Waals surface area contributed by atoms with Crippen LogP contribution in [0.15, 0.2) is 27.5 Å². The van der Waals surface area contributed by atoms with Crippen molar-refractivity contribution in [2.45, 2.75) is 78.8 Å². The lowest BCUT2D eigenvalue weighted by atomic mass is 10.0. The van der Waals surface area contributed by atoms with E-state index in [0.29, 0.717) is 22.7 Å². The summed E-state index contributed by atoms with van der Waals surface area (Å²) in [6, 6.07) is 5.83. The van der Waals surface area contributed by atoms with Crippen molar-refractivity contribution in [3.63, 3.8) is 0 Å². The van der Waals surface area contributed by atoms with Crippen molar-refractivity contribution in [2.24, 2.45) is 0 Å². The fourth-order valence-corrected chi connectivity index (χ4v) is 4.40. The van der Waals surface area contributed by atoms with Crippen molar-refractivity contribution in [3.05, 3.63) is 61.0 Å². The largest absolute Gasteiger partial charge is 0.382 e. The van der Waals surface area contributed by atoms with Gasteiger partial charge in [-0.3, -0.25) is 9.59 Å². The lowest BCUT2D eigenvalue weighted by molar-refractivity contribution is 0.0950. The van der Waals surface area contributed by atoms with Crippen LogP contribution < -0.4 is 16.2 Å². The Morgan fingerprint density at radius 1 is 1.16 bits per heavy atom. The van der Waals surface area contributed by atoms with Crippen molar-refractivity contribution in [2.75, 3.05) is 5.32 Å². The molecule has 174 valence electrons. The van der Waals surface area contributed by atoms with Gasteiger partial charge in [-0.25, -0.2) is 0 Å². The molecule has 0 saturated carbocycles. The Kier molecular flexibility index (Phi) is 10.2. The normalized spacial score (nSPS) is 11.8. The molecule has 4 N–H and O–H groups in total. The minimum absolute atomic E-state index is 0.127. The average molecular weight is 503 g/mol. The van der Waals surface area contributed by atoms with E-state index in [9.17, 15) is 9.59 Å². The van der Waals surface area contributed by atoms with Crippen molar-refractivity contribution in [1.82, 2.24) is 10.3 Å². The number of halogens is 1. The van der Waals surface area contributed by atoms with Gasteiger partial charge in [0.05, 0.1) is 5.56 Å². The molecular formula is C25H35BrN4O2. The van der Waals surface area contributed by atoms with E-state index in [1.165, 1.54) is 19.1 Å². The van der Waals surface area contributed by atoms with Gasteiger partial charge in [0.25, 0.3) is 11.5 Å². The van der Waals surface area contributed by atoms with E-state index in [1.807, 2.05) is 26.0 Å². The zero-order valence-electron chi connectivity index (χ0n) is 19.5. The first kappa shape index (κ1) is 25.8. The number of rotatable bonds is 12. The summed E-state index contributed by atoms with van der Waals surface area (Å²) < 4.78 is 0.768. The van der Waals surface area contributed by atoms with E-state index in [1.54, 1.807) is 6.07 Å². The summed E-state index contributed by atoms with van der Waals surface area (Å²) in [5, 5.41) is 14.4. The molecule has 1 atom stereocenters. The highest BCUT2D eigenvalue weighted by Crippen LogP contribution is 2.27. The molecule has 1 heterocycles.